The molecule has 0 aliphatic rings. The van der Waals surface area contributed by atoms with E-state index in [0.717, 1.165) is 32.9 Å². The van der Waals surface area contributed by atoms with Gasteiger partial charge in [0.25, 0.3) is 5.91 Å². The molecule has 3 aromatic heterocycles. The van der Waals surface area contributed by atoms with Gasteiger partial charge in [-0.05, 0) is 56.7 Å². The number of carbonyl (C=O) groups excluding carboxylic acids is 1. The highest BCUT2D eigenvalue weighted by molar-refractivity contribution is 7.22. The van der Waals surface area contributed by atoms with Gasteiger partial charge in [-0.3, -0.25) is 19.4 Å². The molecule has 29 heavy (non-hydrogen) atoms. The normalized spacial score (nSPS) is 11.2. The van der Waals surface area contributed by atoms with Gasteiger partial charge in [-0.2, -0.15) is 5.10 Å². The summed E-state index contributed by atoms with van der Waals surface area (Å²) in [6.45, 7) is 6.28. The minimum Gasteiger partial charge on any atom is -0.280 e. The lowest BCUT2D eigenvalue weighted by atomic mass is 10.2. The first-order valence-corrected chi connectivity index (χ1v) is 10.4. The Balaban J connectivity index is 1.73. The third-order valence-electron chi connectivity index (χ3n) is 4.70. The Morgan fingerprint density at radius 3 is 2.72 bits per heavy atom. The maximum Gasteiger partial charge on any atom is 0.250 e. The molecular formula is C21H20ClN5OS. The van der Waals surface area contributed by atoms with Crippen molar-refractivity contribution in [2.45, 2.75) is 33.9 Å². The van der Waals surface area contributed by atoms with Crippen molar-refractivity contribution < 1.29 is 4.79 Å². The monoisotopic (exact) mass is 425 g/mol. The number of benzene rings is 1. The molecular weight excluding hydrogens is 406 g/mol. The van der Waals surface area contributed by atoms with Gasteiger partial charge in [-0.25, -0.2) is 4.98 Å². The van der Waals surface area contributed by atoms with E-state index in [1.807, 2.05) is 57.2 Å². The smallest absolute Gasteiger partial charge is 0.250 e. The number of aryl methyl sites for hydroxylation is 3. The lowest BCUT2D eigenvalue weighted by molar-refractivity contribution is -0.119. The summed E-state index contributed by atoms with van der Waals surface area (Å²) in [5.41, 5.74) is 4.36. The molecule has 6 nitrogen and oxygen atoms in total. The van der Waals surface area contributed by atoms with Crippen LogP contribution in [-0.4, -0.2) is 25.7 Å². The quantitative estimate of drug-likeness (QED) is 0.465. The maximum atomic E-state index is 13.3. The number of nitrogens with zero attached hydrogens (tertiary/aromatic N) is 5. The van der Waals surface area contributed by atoms with Crippen LogP contribution < -0.4 is 4.90 Å². The average molecular weight is 426 g/mol. The van der Waals surface area contributed by atoms with Crippen molar-refractivity contribution in [1.29, 1.82) is 0 Å². The highest BCUT2D eigenvalue weighted by atomic mass is 35.5. The molecule has 0 spiro atoms. The van der Waals surface area contributed by atoms with Crippen LogP contribution in [0.4, 0.5) is 5.13 Å². The van der Waals surface area contributed by atoms with Crippen molar-refractivity contribution in [3.8, 4) is 0 Å². The van der Waals surface area contributed by atoms with Gasteiger partial charge >= 0.3 is 0 Å². The number of carbonyl (C=O) groups is 1. The summed E-state index contributed by atoms with van der Waals surface area (Å²) in [6.07, 6.45) is 1.72. The van der Waals surface area contributed by atoms with Gasteiger partial charge in [-0.15, -0.1) is 0 Å². The molecule has 148 valence electrons. The number of hydrogen-bond donors (Lipinski definition) is 0. The predicted octanol–water partition coefficient (Wildman–Crippen LogP) is 4.70. The highest BCUT2D eigenvalue weighted by Crippen LogP contribution is 2.34. The second kappa shape index (κ2) is 7.93. The Morgan fingerprint density at radius 1 is 1.21 bits per heavy atom. The van der Waals surface area contributed by atoms with Crippen molar-refractivity contribution in [2.75, 3.05) is 4.90 Å². The number of rotatable bonds is 5. The largest absolute Gasteiger partial charge is 0.280 e. The zero-order valence-corrected chi connectivity index (χ0v) is 18.0. The van der Waals surface area contributed by atoms with Crippen LogP contribution >= 0.6 is 22.9 Å². The number of pyridine rings is 1. The standard InChI is InChI=1S/C21H20ClN5OS/c1-13-10-14(2)27(25-13)12-19(28)26(11-16-6-4-5-9-23-16)21-24-20-15(3)17(22)7-8-18(20)29-21/h4-10H,11-12H2,1-3H3. The lowest BCUT2D eigenvalue weighted by Gasteiger charge is -2.20. The minimum absolute atomic E-state index is 0.0929. The van der Waals surface area contributed by atoms with Crippen molar-refractivity contribution in [1.82, 2.24) is 19.7 Å². The van der Waals surface area contributed by atoms with Crippen molar-refractivity contribution >= 4 is 44.2 Å². The van der Waals surface area contributed by atoms with E-state index in [-0.39, 0.29) is 12.5 Å². The van der Waals surface area contributed by atoms with Crippen LogP contribution in [0.5, 0.6) is 0 Å². The number of aromatic nitrogens is 4. The first-order chi connectivity index (χ1) is 13.9. The predicted molar refractivity (Wildman–Crippen MR) is 116 cm³/mol. The van der Waals surface area contributed by atoms with Crippen LogP contribution in [-0.2, 0) is 17.9 Å². The van der Waals surface area contributed by atoms with Crippen LogP contribution in [0.25, 0.3) is 10.2 Å². The number of amides is 1. The molecule has 0 fully saturated rings. The number of anilines is 1. The Morgan fingerprint density at radius 2 is 2.03 bits per heavy atom. The molecule has 0 aliphatic heterocycles. The second-order valence-corrected chi connectivity index (χ2v) is 8.32. The average Bonchev–Trinajstić information content (AvgIpc) is 3.26. The van der Waals surface area contributed by atoms with Crippen LogP contribution in [0.3, 0.4) is 0 Å². The molecule has 4 aromatic rings. The summed E-state index contributed by atoms with van der Waals surface area (Å²) >= 11 is 7.73. The Hall–Kier alpha value is -2.77. The Labute approximate surface area is 177 Å². The van der Waals surface area contributed by atoms with Crippen LogP contribution in [0, 0.1) is 20.8 Å². The molecule has 0 unspecified atom stereocenters. The fraction of sp³-hybridized carbons (Fsp3) is 0.238. The number of hydrogen-bond acceptors (Lipinski definition) is 5. The fourth-order valence-corrected chi connectivity index (χ4v) is 4.36. The molecule has 0 bridgehead atoms. The molecule has 0 N–H and O–H groups in total. The fourth-order valence-electron chi connectivity index (χ4n) is 3.17. The van der Waals surface area contributed by atoms with Gasteiger partial charge < -0.3 is 0 Å². The summed E-state index contributed by atoms with van der Waals surface area (Å²) in [4.78, 5) is 24.1. The molecule has 3 heterocycles. The van der Waals surface area contributed by atoms with Gasteiger partial charge in [0, 0.05) is 16.9 Å². The first kappa shape index (κ1) is 19.5. The molecule has 0 aliphatic carbocycles. The van der Waals surface area contributed by atoms with Crippen molar-refractivity contribution in [2.24, 2.45) is 0 Å². The van der Waals surface area contributed by atoms with Crippen molar-refractivity contribution in [3.05, 3.63) is 70.3 Å². The van der Waals surface area contributed by atoms with Gasteiger partial charge in [0.1, 0.15) is 6.54 Å². The SMILES string of the molecule is Cc1cc(C)n(CC(=O)N(Cc2ccccn2)c2nc3c(C)c(Cl)ccc3s2)n1. The summed E-state index contributed by atoms with van der Waals surface area (Å²) in [7, 11) is 0. The van der Waals surface area contributed by atoms with Gasteiger partial charge in [-0.1, -0.05) is 29.0 Å². The van der Waals surface area contributed by atoms with E-state index < -0.39 is 0 Å². The molecule has 0 saturated carbocycles. The molecule has 1 aromatic carbocycles. The number of halogens is 1. The number of thiazole rings is 1. The van der Waals surface area contributed by atoms with Gasteiger partial charge in [0.15, 0.2) is 5.13 Å². The van der Waals surface area contributed by atoms with E-state index >= 15 is 0 Å². The highest BCUT2D eigenvalue weighted by Gasteiger charge is 2.22. The van der Waals surface area contributed by atoms with E-state index in [2.05, 4.69) is 10.1 Å². The minimum atomic E-state index is -0.0929. The Bertz CT molecular complexity index is 1180. The maximum absolute atomic E-state index is 13.3. The van der Waals surface area contributed by atoms with E-state index in [1.165, 1.54) is 11.3 Å². The molecule has 8 heteroatoms. The third-order valence-corrected chi connectivity index (χ3v) is 6.16. The van der Waals surface area contributed by atoms with Gasteiger partial charge in [0.05, 0.1) is 28.1 Å². The number of fused-ring (bicyclic) bond motifs is 1. The van der Waals surface area contributed by atoms with Crippen LogP contribution in [0.2, 0.25) is 5.02 Å². The molecule has 4 rings (SSSR count). The summed E-state index contributed by atoms with van der Waals surface area (Å²) in [6, 6.07) is 11.4. The first-order valence-electron chi connectivity index (χ1n) is 9.19. The van der Waals surface area contributed by atoms with Crippen LogP contribution in [0.15, 0.2) is 42.6 Å². The third kappa shape index (κ3) is 4.02. The summed E-state index contributed by atoms with van der Waals surface area (Å²) < 4.78 is 2.71. The second-order valence-electron chi connectivity index (χ2n) is 6.90. The van der Waals surface area contributed by atoms with E-state index in [0.29, 0.717) is 16.7 Å². The topological polar surface area (TPSA) is 63.9 Å². The summed E-state index contributed by atoms with van der Waals surface area (Å²) in [5, 5.41) is 5.71. The molecule has 0 atom stereocenters. The molecule has 0 saturated heterocycles. The molecule has 1 amide bonds. The van der Waals surface area contributed by atoms with E-state index in [1.54, 1.807) is 15.8 Å². The van der Waals surface area contributed by atoms with E-state index in [4.69, 9.17) is 16.6 Å². The van der Waals surface area contributed by atoms with Crippen molar-refractivity contribution in [3.63, 3.8) is 0 Å². The molecule has 0 radical (unpaired) electrons. The zero-order chi connectivity index (χ0) is 20.5. The lowest BCUT2D eigenvalue weighted by Crippen LogP contribution is -2.34. The Kier molecular flexibility index (Phi) is 5.34. The van der Waals surface area contributed by atoms with Gasteiger partial charge in [0.2, 0.25) is 0 Å². The van der Waals surface area contributed by atoms with Crippen LogP contribution in [0.1, 0.15) is 22.6 Å². The summed E-state index contributed by atoms with van der Waals surface area (Å²) in [5.74, 6) is -0.0929. The zero-order valence-electron chi connectivity index (χ0n) is 16.4. The van der Waals surface area contributed by atoms with E-state index in [9.17, 15) is 4.79 Å².